The molecule has 1 atom stereocenters. The van der Waals surface area contributed by atoms with E-state index in [0.717, 1.165) is 10.9 Å². The Morgan fingerprint density at radius 2 is 2.08 bits per heavy atom. The Bertz CT molecular complexity index is 429. The van der Waals surface area contributed by atoms with Crippen LogP contribution in [0.15, 0.2) is 30.5 Å². The molecule has 0 amide bonds. The minimum absolute atomic E-state index is 0.397. The third-order valence-corrected chi connectivity index (χ3v) is 2.41. The van der Waals surface area contributed by atoms with Gasteiger partial charge in [0.15, 0.2) is 0 Å². The first-order valence-electron chi connectivity index (χ1n) is 4.42. The number of aromatic nitrogens is 1. The van der Waals surface area contributed by atoms with E-state index < -0.39 is 6.10 Å². The Labute approximate surface area is 77.4 Å². The van der Waals surface area contributed by atoms with Gasteiger partial charge in [-0.05, 0) is 24.6 Å². The highest BCUT2D eigenvalue weighted by Crippen LogP contribution is 2.24. The summed E-state index contributed by atoms with van der Waals surface area (Å²) in [6, 6.07) is 8.04. The van der Waals surface area contributed by atoms with E-state index in [1.54, 1.807) is 6.92 Å². The number of aryl methyl sites for hydroxylation is 1. The van der Waals surface area contributed by atoms with E-state index in [2.05, 4.69) is 10.6 Å². The van der Waals surface area contributed by atoms with E-state index in [-0.39, 0.29) is 0 Å². The summed E-state index contributed by atoms with van der Waals surface area (Å²) >= 11 is 0. The Kier molecular flexibility index (Phi) is 1.85. The molecular weight excluding hydrogens is 162 g/mol. The third kappa shape index (κ3) is 1.23. The summed E-state index contributed by atoms with van der Waals surface area (Å²) in [6.45, 7) is 1.79. The predicted molar refractivity (Wildman–Crippen MR) is 53.6 cm³/mol. The molecule has 1 aromatic heterocycles. The molecule has 0 saturated carbocycles. The number of nitrogens with zero attached hydrogens (tertiary/aromatic N) is 1. The molecular formula is C11H13NO. The molecule has 2 nitrogen and oxygen atoms in total. The molecule has 0 aliphatic carbocycles. The van der Waals surface area contributed by atoms with Crippen LogP contribution in [0, 0.1) is 0 Å². The number of benzene rings is 1. The van der Waals surface area contributed by atoms with E-state index in [9.17, 15) is 5.11 Å². The van der Waals surface area contributed by atoms with E-state index in [1.165, 1.54) is 5.52 Å². The molecule has 0 unspecified atom stereocenters. The lowest BCUT2D eigenvalue weighted by atomic mass is 10.1. The van der Waals surface area contributed by atoms with Gasteiger partial charge in [-0.1, -0.05) is 12.1 Å². The average Bonchev–Trinajstić information content (AvgIpc) is 2.48. The van der Waals surface area contributed by atoms with Gasteiger partial charge in [-0.15, -0.1) is 0 Å². The standard InChI is InChI=1S/C11H13NO/c1-8(13)9-4-3-5-11-10(9)6-7-12(11)2/h3-8,13H,1-2H3/t8-/m1/s1. The zero-order valence-corrected chi connectivity index (χ0v) is 7.86. The van der Waals surface area contributed by atoms with Crippen LogP contribution in [-0.4, -0.2) is 9.67 Å². The molecule has 1 heterocycles. The maximum Gasteiger partial charge on any atom is 0.0768 e. The van der Waals surface area contributed by atoms with Gasteiger partial charge in [-0.25, -0.2) is 0 Å². The molecule has 2 heteroatoms. The van der Waals surface area contributed by atoms with E-state index >= 15 is 0 Å². The van der Waals surface area contributed by atoms with Crippen molar-refractivity contribution in [3.05, 3.63) is 36.0 Å². The van der Waals surface area contributed by atoms with Crippen molar-refractivity contribution in [2.75, 3.05) is 0 Å². The van der Waals surface area contributed by atoms with Crippen molar-refractivity contribution >= 4 is 10.9 Å². The van der Waals surface area contributed by atoms with Crippen LogP contribution in [-0.2, 0) is 7.05 Å². The van der Waals surface area contributed by atoms with Gasteiger partial charge >= 0.3 is 0 Å². The van der Waals surface area contributed by atoms with Crippen LogP contribution in [0.4, 0.5) is 0 Å². The summed E-state index contributed by atoms with van der Waals surface area (Å²) in [5.41, 5.74) is 2.16. The molecule has 0 spiro atoms. The fraction of sp³-hybridized carbons (Fsp3) is 0.273. The summed E-state index contributed by atoms with van der Waals surface area (Å²) in [4.78, 5) is 0. The van der Waals surface area contributed by atoms with Crippen LogP contribution < -0.4 is 0 Å². The van der Waals surface area contributed by atoms with E-state index in [4.69, 9.17) is 0 Å². The summed E-state index contributed by atoms with van der Waals surface area (Å²) < 4.78 is 2.06. The Morgan fingerprint density at radius 1 is 1.31 bits per heavy atom. The molecule has 0 saturated heterocycles. The highest BCUT2D eigenvalue weighted by Gasteiger charge is 2.06. The normalized spacial score (nSPS) is 13.5. The molecule has 0 bridgehead atoms. The fourth-order valence-corrected chi connectivity index (χ4v) is 1.69. The molecule has 1 aromatic carbocycles. The molecule has 0 radical (unpaired) electrons. The van der Waals surface area contributed by atoms with Crippen molar-refractivity contribution < 1.29 is 5.11 Å². The lowest BCUT2D eigenvalue weighted by molar-refractivity contribution is 0.201. The first-order valence-corrected chi connectivity index (χ1v) is 4.42. The van der Waals surface area contributed by atoms with Gasteiger partial charge in [0.25, 0.3) is 0 Å². The first-order chi connectivity index (χ1) is 6.20. The first kappa shape index (κ1) is 8.32. The molecule has 1 N–H and O–H groups in total. The van der Waals surface area contributed by atoms with Crippen molar-refractivity contribution in [1.82, 2.24) is 4.57 Å². The number of aliphatic hydroxyl groups is 1. The number of fused-ring (bicyclic) bond motifs is 1. The van der Waals surface area contributed by atoms with Crippen molar-refractivity contribution in [2.45, 2.75) is 13.0 Å². The van der Waals surface area contributed by atoms with E-state index in [1.807, 2.05) is 31.4 Å². The quantitative estimate of drug-likeness (QED) is 0.706. The maximum absolute atomic E-state index is 9.52. The summed E-state index contributed by atoms with van der Waals surface area (Å²) in [5.74, 6) is 0. The molecule has 0 fully saturated rings. The Hall–Kier alpha value is -1.28. The molecule has 0 aliphatic rings. The second-order valence-electron chi connectivity index (χ2n) is 3.38. The average molecular weight is 175 g/mol. The van der Waals surface area contributed by atoms with Crippen molar-refractivity contribution in [1.29, 1.82) is 0 Å². The largest absolute Gasteiger partial charge is 0.389 e. The number of aliphatic hydroxyl groups excluding tert-OH is 1. The summed E-state index contributed by atoms with van der Waals surface area (Å²) in [5, 5.41) is 10.7. The third-order valence-electron chi connectivity index (χ3n) is 2.41. The van der Waals surface area contributed by atoms with Gasteiger partial charge in [0.2, 0.25) is 0 Å². The number of rotatable bonds is 1. The molecule has 0 aliphatic heterocycles. The summed E-state index contributed by atoms with van der Waals surface area (Å²) in [6.07, 6.45) is 1.61. The lowest BCUT2D eigenvalue weighted by Gasteiger charge is -2.06. The van der Waals surface area contributed by atoms with Gasteiger partial charge in [-0.3, -0.25) is 0 Å². The van der Waals surface area contributed by atoms with Gasteiger partial charge in [0, 0.05) is 24.1 Å². The van der Waals surface area contributed by atoms with Crippen molar-refractivity contribution in [3.63, 3.8) is 0 Å². The van der Waals surface area contributed by atoms with Crippen LogP contribution in [0.3, 0.4) is 0 Å². The van der Waals surface area contributed by atoms with Crippen molar-refractivity contribution in [2.24, 2.45) is 7.05 Å². The number of hydrogen-bond acceptors (Lipinski definition) is 1. The minimum Gasteiger partial charge on any atom is -0.389 e. The summed E-state index contributed by atoms with van der Waals surface area (Å²) in [7, 11) is 2.01. The second-order valence-corrected chi connectivity index (χ2v) is 3.38. The van der Waals surface area contributed by atoms with Crippen LogP contribution in [0.2, 0.25) is 0 Å². The Morgan fingerprint density at radius 3 is 2.77 bits per heavy atom. The monoisotopic (exact) mass is 175 g/mol. The Balaban J connectivity index is 2.77. The fourth-order valence-electron chi connectivity index (χ4n) is 1.69. The van der Waals surface area contributed by atoms with Gasteiger partial charge < -0.3 is 9.67 Å². The van der Waals surface area contributed by atoms with Crippen LogP contribution >= 0.6 is 0 Å². The van der Waals surface area contributed by atoms with Gasteiger partial charge in [0.05, 0.1) is 6.10 Å². The van der Waals surface area contributed by atoms with Crippen molar-refractivity contribution in [3.8, 4) is 0 Å². The zero-order chi connectivity index (χ0) is 9.42. The van der Waals surface area contributed by atoms with Gasteiger partial charge in [0.1, 0.15) is 0 Å². The zero-order valence-electron chi connectivity index (χ0n) is 7.86. The molecule has 2 aromatic rings. The van der Waals surface area contributed by atoms with Crippen LogP contribution in [0.1, 0.15) is 18.6 Å². The molecule has 2 rings (SSSR count). The second kappa shape index (κ2) is 2.89. The van der Waals surface area contributed by atoms with Gasteiger partial charge in [-0.2, -0.15) is 0 Å². The molecule has 13 heavy (non-hydrogen) atoms. The highest BCUT2D eigenvalue weighted by molar-refractivity contribution is 5.83. The number of hydrogen-bond donors (Lipinski definition) is 1. The van der Waals surface area contributed by atoms with Crippen LogP contribution in [0.5, 0.6) is 0 Å². The maximum atomic E-state index is 9.52. The van der Waals surface area contributed by atoms with E-state index in [0.29, 0.717) is 0 Å². The van der Waals surface area contributed by atoms with Crippen LogP contribution in [0.25, 0.3) is 10.9 Å². The minimum atomic E-state index is -0.397. The lowest BCUT2D eigenvalue weighted by Crippen LogP contribution is -1.92. The topological polar surface area (TPSA) is 25.2 Å². The highest BCUT2D eigenvalue weighted by atomic mass is 16.3. The molecule has 68 valence electrons. The predicted octanol–water partition coefficient (Wildman–Crippen LogP) is 2.23. The smallest absolute Gasteiger partial charge is 0.0768 e. The SMILES string of the molecule is C[C@@H](O)c1cccc2c1ccn2C.